The number of halogens is 3. The first kappa shape index (κ1) is 16.7. The van der Waals surface area contributed by atoms with Gasteiger partial charge in [0.15, 0.2) is 0 Å². The summed E-state index contributed by atoms with van der Waals surface area (Å²) in [7, 11) is 1.64. The fourth-order valence-electron chi connectivity index (χ4n) is 3.03. The van der Waals surface area contributed by atoms with Gasteiger partial charge < -0.3 is 4.74 Å². The van der Waals surface area contributed by atoms with Crippen LogP contribution in [-0.2, 0) is 4.74 Å². The zero-order valence-electron chi connectivity index (χ0n) is 11.6. The van der Waals surface area contributed by atoms with Crippen LogP contribution in [0.3, 0.4) is 0 Å². The van der Waals surface area contributed by atoms with Crippen molar-refractivity contribution in [3.8, 4) is 0 Å². The summed E-state index contributed by atoms with van der Waals surface area (Å²) in [6, 6.07) is -0.210. The van der Waals surface area contributed by atoms with Gasteiger partial charge in [0, 0.05) is 13.5 Å². The number of alkyl halides is 3. The van der Waals surface area contributed by atoms with E-state index in [0.717, 1.165) is 38.5 Å². The summed E-state index contributed by atoms with van der Waals surface area (Å²) in [6.45, 7) is 0. The van der Waals surface area contributed by atoms with Crippen molar-refractivity contribution in [1.82, 2.24) is 5.43 Å². The average molecular weight is 282 g/mol. The molecule has 1 unspecified atom stereocenters. The van der Waals surface area contributed by atoms with Crippen LogP contribution in [0.1, 0.15) is 57.8 Å². The molecule has 0 bridgehead atoms. The number of ether oxygens (including phenoxy) is 1. The number of hydrazine groups is 1. The minimum absolute atomic E-state index is 0.0868. The van der Waals surface area contributed by atoms with Crippen LogP contribution in [0.15, 0.2) is 0 Å². The van der Waals surface area contributed by atoms with Gasteiger partial charge in [-0.2, -0.15) is 13.2 Å². The Morgan fingerprint density at radius 3 is 2.21 bits per heavy atom. The Labute approximate surface area is 113 Å². The maximum Gasteiger partial charge on any atom is 0.389 e. The topological polar surface area (TPSA) is 47.3 Å². The minimum atomic E-state index is -4.09. The van der Waals surface area contributed by atoms with E-state index in [4.69, 9.17) is 10.6 Å². The number of nitrogens with two attached hydrogens (primary N) is 1. The van der Waals surface area contributed by atoms with Gasteiger partial charge in [0.05, 0.1) is 11.6 Å². The first-order chi connectivity index (χ1) is 8.93. The monoisotopic (exact) mass is 282 g/mol. The molecule has 1 aliphatic carbocycles. The van der Waals surface area contributed by atoms with Crippen LogP contribution in [0.2, 0.25) is 0 Å². The highest BCUT2D eigenvalue weighted by atomic mass is 19.4. The number of hydrogen-bond donors (Lipinski definition) is 2. The van der Waals surface area contributed by atoms with Gasteiger partial charge in [-0.1, -0.05) is 25.7 Å². The summed E-state index contributed by atoms with van der Waals surface area (Å²) >= 11 is 0. The predicted molar refractivity (Wildman–Crippen MR) is 68.5 cm³/mol. The molecule has 1 rings (SSSR count). The van der Waals surface area contributed by atoms with Crippen molar-refractivity contribution in [2.45, 2.75) is 75.6 Å². The third-order valence-corrected chi connectivity index (χ3v) is 4.15. The molecule has 0 aromatic heterocycles. The van der Waals surface area contributed by atoms with E-state index < -0.39 is 18.2 Å². The molecule has 0 heterocycles. The lowest BCUT2D eigenvalue weighted by molar-refractivity contribution is -0.137. The lowest BCUT2D eigenvalue weighted by atomic mass is 9.83. The average Bonchev–Trinajstić information content (AvgIpc) is 2.59. The van der Waals surface area contributed by atoms with Gasteiger partial charge in [0.25, 0.3) is 0 Å². The van der Waals surface area contributed by atoms with E-state index in [9.17, 15) is 13.2 Å². The Bertz CT molecular complexity index is 251. The third kappa shape index (κ3) is 5.28. The second-order valence-corrected chi connectivity index (χ2v) is 5.41. The van der Waals surface area contributed by atoms with Gasteiger partial charge in [-0.05, 0) is 25.7 Å². The van der Waals surface area contributed by atoms with Gasteiger partial charge in [-0.15, -0.1) is 0 Å². The molecule has 0 spiro atoms. The van der Waals surface area contributed by atoms with Crippen molar-refractivity contribution >= 4 is 0 Å². The second kappa shape index (κ2) is 7.45. The Morgan fingerprint density at radius 1 is 1.21 bits per heavy atom. The molecular formula is C13H25F3N2O. The van der Waals surface area contributed by atoms with Crippen LogP contribution in [0.25, 0.3) is 0 Å². The summed E-state index contributed by atoms with van der Waals surface area (Å²) in [5.74, 6) is 5.55. The van der Waals surface area contributed by atoms with Crippen LogP contribution >= 0.6 is 0 Å². The van der Waals surface area contributed by atoms with Crippen molar-refractivity contribution in [1.29, 1.82) is 0 Å². The maximum absolute atomic E-state index is 12.2. The Balaban J connectivity index is 2.58. The highest BCUT2D eigenvalue weighted by molar-refractivity contribution is 4.93. The molecule has 0 aromatic carbocycles. The van der Waals surface area contributed by atoms with Crippen molar-refractivity contribution < 1.29 is 17.9 Å². The van der Waals surface area contributed by atoms with Crippen LogP contribution in [0.5, 0.6) is 0 Å². The fraction of sp³-hybridized carbons (Fsp3) is 1.00. The highest BCUT2D eigenvalue weighted by Crippen LogP contribution is 2.35. The largest absolute Gasteiger partial charge is 0.389 e. The van der Waals surface area contributed by atoms with E-state index in [1.807, 2.05) is 0 Å². The van der Waals surface area contributed by atoms with Gasteiger partial charge >= 0.3 is 6.18 Å². The molecule has 0 aliphatic heterocycles. The summed E-state index contributed by atoms with van der Waals surface area (Å²) in [6.07, 6.45) is 1.77. The Morgan fingerprint density at radius 2 is 1.79 bits per heavy atom. The number of methoxy groups -OCH3 is 1. The van der Waals surface area contributed by atoms with Crippen LogP contribution in [-0.4, -0.2) is 24.9 Å². The van der Waals surface area contributed by atoms with Crippen molar-refractivity contribution in [2.75, 3.05) is 7.11 Å². The summed E-state index contributed by atoms with van der Waals surface area (Å²) in [5, 5.41) is 0. The molecule has 1 atom stereocenters. The van der Waals surface area contributed by atoms with Crippen molar-refractivity contribution in [2.24, 2.45) is 5.84 Å². The highest BCUT2D eigenvalue weighted by Gasteiger charge is 2.39. The zero-order valence-corrected chi connectivity index (χ0v) is 11.6. The molecule has 0 amide bonds. The predicted octanol–water partition coefficient (Wildman–Crippen LogP) is 3.29. The molecule has 0 aromatic rings. The molecule has 3 N–H and O–H groups in total. The molecule has 6 heteroatoms. The molecule has 0 radical (unpaired) electrons. The molecular weight excluding hydrogens is 257 g/mol. The minimum Gasteiger partial charge on any atom is -0.377 e. The van der Waals surface area contributed by atoms with E-state index in [0.29, 0.717) is 6.42 Å². The SMILES string of the molecule is COC1(C(CCCC(F)(F)F)NN)CCCCCC1. The van der Waals surface area contributed by atoms with E-state index >= 15 is 0 Å². The van der Waals surface area contributed by atoms with Crippen LogP contribution in [0, 0.1) is 0 Å². The second-order valence-electron chi connectivity index (χ2n) is 5.41. The summed E-state index contributed by atoms with van der Waals surface area (Å²) < 4.78 is 42.3. The van der Waals surface area contributed by atoms with Gasteiger partial charge in [0.1, 0.15) is 0 Å². The zero-order chi connectivity index (χ0) is 14.4. The normalized spacial score (nSPS) is 21.9. The fourth-order valence-corrected chi connectivity index (χ4v) is 3.03. The van der Waals surface area contributed by atoms with Gasteiger partial charge in [-0.3, -0.25) is 11.3 Å². The first-order valence-corrected chi connectivity index (χ1v) is 7.01. The Hall–Kier alpha value is -0.330. The Kier molecular flexibility index (Phi) is 6.56. The molecule has 1 saturated carbocycles. The quantitative estimate of drug-likeness (QED) is 0.446. The maximum atomic E-state index is 12.2. The number of nitrogens with one attached hydrogen (secondary N) is 1. The molecule has 19 heavy (non-hydrogen) atoms. The van der Waals surface area contributed by atoms with E-state index in [1.165, 1.54) is 0 Å². The lowest BCUT2D eigenvalue weighted by Gasteiger charge is -2.39. The molecule has 0 saturated heterocycles. The lowest BCUT2D eigenvalue weighted by Crippen LogP contribution is -2.54. The van der Waals surface area contributed by atoms with Crippen molar-refractivity contribution in [3.63, 3.8) is 0 Å². The van der Waals surface area contributed by atoms with Gasteiger partial charge in [-0.25, -0.2) is 0 Å². The molecule has 1 aliphatic rings. The van der Waals surface area contributed by atoms with E-state index in [1.54, 1.807) is 7.11 Å². The molecule has 3 nitrogen and oxygen atoms in total. The van der Waals surface area contributed by atoms with Crippen LogP contribution < -0.4 is 11.3 Å². The molecule has 114 valence electrons. The van der Waals surface area contributed by atoms with Crippen molar-refractivity contribution in [3.05, 3.63) is 0 Å². The smallest absolute Gasteiger partial charge is 0.377 e. The third-order valence-electron chi connectivity index (χ3n) is 4.15. The number of rotatable bonds is 6. The van der Waals surface area contributed by atoms with Gasteiger partial charge in [0.2, 0.25) is 0 Å². The number of hydrogen-bond acceptors (Lipinski definition) is 3. The summed E-state index contributed by atoms with van der Waals surface area (Å²) in [5.41, 5.74) is 2.28. The van der Waals surface area contributed by atoms with Crippen LogP contribution in [0.4, 0.5) is 13.2 Å². The van der Waals surface area contributed by atoms with E-state index in [-0.39, 0.29) is 12.5 Å². The van der Waals surface area contributed by atoms with E-state index in [2.05, 4.69) is 5.43 Å². The summed E-state index contributed by atoms with van der Waals surface area (Å²) in [4.78, 5) is 0. The first-order valence-electron chi connectivity index (χ1n) is 7.01. The standard InChI is InChI=1S/C13H25F3N2O/c1-19-12(8-4-2-3-5-9-12)11(18-17)7-6-10-13(14,15)16/h11,18H,2-10,17H2,1H3. The molecule has 1 fully saturated rings.